The fraction of sp³-hybridized carbons (Fsp3) is 0.235. The Bertz CT molecular complexity index is 708. The van der Waals surface area contributed by atoms with E-state index in [9.17, 15) is 13.2 Å². The molecule has 0 spiro atoms. The molecule has 134 valence electrons. The van der Waals surface area contributed by atoms with Crippen LogP contribution in [0.15, 0.2) is 48.5 Å². The van der Waals surface area contributed by atoms with Gasteiger partial charge in [-0.1, -0.05) is 41.9 Å². The number of ether oxygens (including phenoxy) is 1. The van der Waals surface area contributed by atoms with Crippen LogP contribution in [-0.2, 0) is 13.0 Å². The first-order chi connectivity index (χ1) is 11.8. The van der Waals surface area contributed by atoms with Crippen molar-refractivity contribution >= 4 is 28.9 Å². The molecule has 0 atom stereocenters. The molecule has 2 aromatic carbocycles. The molecule has 0 saturated heterocycles. The summed E-state index contributed by atoms with van der Waals surface area (Å²) in [7, 11) is 0. The van der Waals surface area contributed by atoms with Gasteiger partial charge in [0.25, 0.3) is 0 Å². The van der Waals surface area contributed by atoms with Gasteiger partial charge in [0.15, 0.2) is 5.11 Å². The van der Waals surface area contributed by atoms with E-state index in [-0.39, 0.29) is 12.3 Å². The zero-order chi connectivity index (χ0) is 18.3. The molecule has 0 heterocycles. The van der Waals surface area contributed by atoms with E-state index in [0.29, 0.717) is 22.2 Å². The highest BCUT2D eigenvalue weighted by Gasteiger charge is 2.31. The van der Waals surface area contributed by atoms with Gasteiger partial charge in [0.1, 0.15) is 5.75 Å². The lowest BCUT2D eigenvalue weighted by Crippen LogP contribution is -2.36. The maximum absolute atomic E-state index is 12.4. The van der Waals surface area contributed by atoms with Gasteiger partial charge in [-0.2, -0.15) is 0 Å². The van der Waals surface area contributed by atoms with Gasteiger partial charge in [0.2, 0.25) is 0 Å². The summed E-state index contributed by atoms with van der Waals surface area (Å²) in [5.74, 6) is -0.244. The minimum atomic E-state index is -4.73. The molecule has 0 aromatic heterocycles. The number of hydrogen-bond donors (Lipinski definition) is 2. The van der Waals surface area contributed by atoms with Crippen molar-refractivity contribution in [3.8, 4) is 5.75 Å². The van der Waals surface area contributed by atoms with Crippen molar-refractivity contribution < 1.29 is 17.9 Å². The third kappa shape index (κ3) is 7.19. The molecule has 2 aromatic rings. The lowest BCUT2D eigenvalue weighted by molar-refractivity contribution is -0.274. The van der Waals surface area contributed by atoms with Gasteiger partial charge in [-0.15, -0.1) is 13.2 Å². The Morgan fingerprint density at radius 3 is 2.40 bits per heavy atom. The average molecular weight is 389 g/mol. The van der Waals surface area contributed by atoms with Crippen LogP contribution in [-0.4, -0.2) is 18.0 Å². The van der Waals surface area contributed by atoms with Crippen LogP contribution in [0.1, 0.15) is 11.1 Å². The second-order valence-electron chi connectivity index (χ2n) is 5.14. The fourth-order valence-corrected chi connectivity index (χ4v) is 2.38. The monoisotopic (exact) mass is 388 g/mol. The van der Waals surface area contributed by atoms with Gasteiger partial charge in [-0.3, -0.25) is 0 Å². The second kappa shape index (κ2) is 8.92. The van der Waals surface area contributed by atoms with E-state index in [1.165, 1.54) is 12.1 Å². The van der Waals surface area contributed by atoms with Crippen molar-refractivity contribution in [2.45, 2.75) is 19.3 Å². The Morgan fingerprint density at radius 1 is 1.04 bits per heavy atom. The molecule has 25 heavy (non-hydrogen) atoms. The van der Waals surface area contributed by atoms with Gasteiger partial charge < -0.3 is 15.4 Å². The number of hydrogen-bond acceptors (Lipinski definition) is 2. The van der Waals surface area contributed by atoms with Crippen molar-refractivity contribution in [3.63, 3.8) is 0 Å². The Labute approximate surface area is 154 Å². The predicted octanol–water partition coefficient (Wildman–Crippen LogP) is 4.45. The molecule has 0 saturated carbocycles. The van der Waals surface area contributed by atoms with Gasteiger partial charge >= 0.3 is 6.36 Å². The second-order valence-corrected chi connectivity index (χ2v) is 5.99. The fourth-order valence-electron chi connectivity index (χ4n) is 2.08. The molecular weight excluding hydrogens is 373 g/mol. The zero-order valence-corrected chi connectivity index (χ0v) is 14.6. The minimum absolute atomic E-state index is 0.124. The SMILES string of the molecule is FC(F)(F)Oc1ccccc1CNC(=S)NCCc1ccc(Cl)cc1. The molecule has 0 aliphatic heterocycles. The van der Waals surface area contributed by atoms with Gasteiger partial charge in [0, 0.05) is 23.7 Å². The summed E-state index contributed by atoms with van der Waals surface area (Å²) < 4.78 is 41.2. The maximum atomic E-state index is 12.4. The zero-order valence-electron chi connectivity index (χ0n) is 13.1. The van der Waals surface area contributed by atoms with Crippen LogP contribution in [0.4, 0.5) is 13.2 Å². The Morgan fingerprint density at radius 2 is 1.72 bits per heavy atom. The molecule has 0 unspecified atom stereocenters. The highest BCUT2D eigenvalue weighted by molar-refractivity contribution is 7.80. The first-order valence-corrected chi connectivity index (χ1v) is 8.22. The number of nitrogens with one attached hydrogen (secondary N) is 2. The molecular formula is C17H16ClF3N2OS. The molecule has 0 fully saturated rings. The Hall–Kier alpha value is -1.99. The molecule has 0 aliphatic carbocycles. The van der Waals surface area contributed by atoms with E-state index in [1.54, 1.807) is 12.1 Å². The molecule has 0 bridgehead atoms. The summed E-state index contributed by atoms with van der Waals surface area (Å²) in [6.07, 6.45) is -3.99. The first kappa shape index (κ1) is 19.3. The van der Waals surface area contributed by atoms with E-state index in [0.717, 1.165) is 12.0 Å². The van der Waals surface area contributed by atoms with Gasteiger partial charge in [-0.25, -0.2) is 0 Å². The quantitative estimate of drug-likeness (QED) is 0.716. The molecule has 0 radical (unpaired) electrons. The maximum Gasteiger partial charge on any atom is 0.573 e. The van der Waals surface area contributed by atoms with E-state index < -0.39 is 6.36 Å². The molecule has 8 heteroatoms. The lowest BCUT2D eigenvalue weighted by Gasteiger charge is -2.15. The molecule has 0 aliphatic rings. The van der Waals surface area contributed by atoms with E-state index in [2.05, 4.69) is 15.4 Å². The topological polar surface area (TPSA) is 33.3 Å². The van der Waals surface area contributed by atoms with Crippen molar-refractivity contribution in [1.82, 2.24) is 10.6 Å². The minimum Gasteiger partial charge on any atom is -0.405 e. The van der Waals surface area contributed by atoms with Crippen LogP contribution < -0.4 is 15.4 Å². The van der Waals surface area contributed by atoms with Crippen LogP contribution in [0.5, 0.6) is 5.75 Å². The summed E-state index contributed by atoms with van der Waals surface area (Å²) in [4.78, 5) is 0. The van der Waals surface area contributed by atoms with Crippen LogP contribution >= 0.6 is 23.8 Å². The van der Waals surface area contributed by atoms with Crippen molar-refractivity contribution in [2.75, 3.05) is 6.54 Å². The Kier molecular flexibility index (Phi) is 6.90. The van der Waals surface area contributed by atoms with E-state index >= 15 is 0 Å². The van der Waals surface area contributed by atoms with Crippen LogP contribution in [0, 0.1) is 0 Å². The molecule has 2 rings (SSSR count). The standard InChI is InChI=1S/C17H16ClF3N2OS/c18-14-7-5-12(6-8-14)9-10-22-16(25)23-11-13-3-1-2-4-15(13)24-17(19,20)21/h1-8H,9-11H2,(H2,22,23,25). The van der Waals surface area contributed by atoms with Crippen molar-refractivity contribution in [3.05, 3.63) is 64.7 Å². The summed E-state index contributed by atoms with van der Waals surface area (Å²) in [5.41, 5.74) is 1.46. The largest absolute Gasteiger partial charge is 0.573 e. The van der Waals surface area contributed by atoms with E-state index in [1.807, 2.05) is 24.3 Å². The number of benzene rings is 2. The van der Waals surface area contributed by atoms with Crippen molar-refractivity contribution in [2.24, 2.45) is 0 Å². The summed E-state index contributed by atoms with van der Waals surface area (Å²) >= 11 is 11.0. The normalized spacial score (nSPS) is 11.0. The number of para-hydroxylation sites is 1. The summed E-state index contributed by atoms with van der Waals surface area (Å²) in [6.45, 7) is 0.715. The summed E-state index contributed by atoms with van der Waals surface area (Å²) in [6, 6.07) is 13.4. The first-order valence-electron chi connectivity index (χ1n) is 7.43. The van der Waals surface area contributed by atoms with Gasteiger partial charge in [-0.05, 0) is 42.4 Å². The average Bonchev–Trinajstić information content (AvgIpc) is 2.54. The van der Waals surface area contributed by atoms with Crippen LogP contribution in [0.25, 0.3) is 0 Å². The highest BCUT2D eigenvalue weighted by Crippen LogP contribution is 2.26. The number of thiocarbonyl (C=S) groups is 1. The third-order valence-electron chi connectivity index (χ3n) is 3.25. The smallest absolute Gasteiger partial charge is 0.405 e. The Balaban J connectivity index is 1.79. The highest BCUT2D eigenvalue weighted by atomic mass is 35.5. The van der Waals surface area contributed by atoms with E-state index in [4.69, 9.17) is 23.8 Å². The number of halogens is 4. The predicted molar refractivity (Wildman–Crippen MR) is 95.7 cm³/mol. The van der Waals surface area contributed by atoms with Crippen molar-refractivity contribution in [1.29, 1.82) is 0 Å². The van der Waals surface area contributed by atoms with Crippen LogP contribution in [0.3, 0.4) is 0 Å². The molecule has 0 amide bonds. The summed E-state index contributed by atoms with van der Waals surface area (Å²) in [5, 5.41) is 6.91. The lowest BCUT2D eigenvalue weighted by atomic mass is 10.1. The number of rotatable bonds is 6. The third-order valence-corrected chi connectivity index (χ3v) is 3.79. The number of alkyl halides is 3. The van der Waals surface area contributed by atoms with Crippen LogP contribution in [0.2, 0.25) is 5.02 Å². The molecule has 2 N–H and O–H groups in total. The molecule has 3 nitrogen and oxygen atoms in total. The van der Waals surface area contributed by atoms with Gasteiger partial charge in [0.05, 0.1) is 0 Å².